The minimum atomic E-state index is -2.13. The Kier molecular flexibility index (Phi) is 10.5. The van der Waals surface area contributed by atoms with Crippen LogP contribution in [0.1, 0.15) is 141 Å². The first-order chi connectivity index (χ1) is 19.7. The molecule has 2 rings (SSSR count). The van der Waals surface area contributed by atoms with E-state index in [4.69, 9.17) is 12.2 Å². The van der Waals surface area contributed by atoms with Gasteiger partial charge in [-0.25, -0.2) is 0 Å². The fourth-order valence-electron chi connectivity index (χ4n) is 5.86. The van der Waals surface area contributed by atoms with Gasteiger partial charge in [0.05, 0.1) is 12.8 Å². The second-order valence-electron chi connectivity index (χ2n) is 16.2. The Morgan fingerprint density at radius 1 is 0.614 bits per heavy atom. The molecular formula is C36H52O7S. The first kappa shape index (κ1) is 37.2. The van der Waals surface area contributed by atoms with Crippen molar-refractivity contribution in [1.29, 1.82) is 0 Å². The van der Waals surface area contributed by atoms with Gasteiger partial charge in [0, 0.05) is 17.2 Å². The summed E-state index contributed by atoms with van der Waals surface area (Å²) in [7, 11) is 0. The number of carboxylic acid groups (broad SMARTS) is 2. The van der Waals surface area contributed by atoms with E-state index in [0.717, 1.165) is 5.37 Å². The topological polar surface area (TPSA) is 135 Å². The average Bonchev–Trinajstić information content (AvgIpc) is 2.83. The monoisotopic (exact) mass is 628 g/mol. The summed E-state index contributed by atoms with van der Waals surface area (Å²) in [5.74, 6) is -4.54. The first-order valence-electron chi connectivity index (χ1n) is 15.0. The molecule has 0 fully saturated rings. The summed E-state index contributed by atoms with van der Waals surface area (Å²) in [4.78, 5) is 24.8. The Morgan fingerprint density at radius 3 is 1.00 bits per heavy atom. The molecular weight excluding hydrogens is 576 g/mol. The maximum atomic E-state index is 12.6. The fourth-order valence-corrected chi connectivity index (χ4v) is 6.18. The van der Waals surface area contributed by atoms with Gasteiger partial charge in [-0.15, -0.1) is 0 Å². The van der Waals surface area contributed by atoms with Crippen LogP contribution in [0.15, 0.2) is 24.3 Å². The van der Waals surface area contributed by atoms with Crippen LogP contribution >= 0.6 is 12.2 Å². The molecule has 2 unspecified atom stereocenters. The summed E-state index contributed by atoms with van der Waals surface area (Å²) in [5.41, 5.74) is -1.11. The van der Waals surface area contributed by atoms with Crippen molar-refractivity contribution in [2.75, 3.05) is 0 Å². The largest absolute Gasteiger partial charge is 0.507 e. The maximum absolute atomic E-state index is 12.6. The van der Waals surface area contributed by atoms with Crippen LogP contribution in [0.2, 0.25) is 0 Å². The molecule has 0 amide bonds. The van der Waals surface area contributed by atoms with Gasteiger partial charge in [0.25, 0.3) is 0 Å². The van der Waals surface area contributed by atoms with Crippen LogP contribution in [-0.4, -0.2) is 48.4 Å². The van der Waals surface area contributed by atoms with E-state index in [0.29, 0.717) is 33.4 Å². The number of aliphatic carboxylic acids is 2. The minimum absolute atomic E-state index is 0.0963. The quantitative estimate of drug-likeness (QED) is 0.177. The Balaban J connectivity index is 3.12. The van der Waals surface area contributed by atoms with Crippen molar-refractivity contribution < 1.29 is 35.1 Å². The number of carboxylic acids is 2. The van der Waals surface area contributed by atoms with Crippen molar-refractivity contribution in [2.45, 2.75) is 135 Å². The number of aromatic hydroxyl groups is 2. The molecule has 0 heterocycles. The Morgan fingerprint density at radius 2 is 0.841 bits per heavy atom. The molecule has 2 aromatic carbocycles. The SMILES string of the molecule is CC(C)(C)c1cc(C(CC(=O)O)C(O)(C=S)C(CC(=O)O)c2cc(C(C)(C)C)c(O)c(C(C)(C)C)c2)cc(C(C)(C)C)c1O. The van der Waals surface area contributed by atoms with E-state index in [1.165, 1.54) is 0 Å². The molecule has 7 nitrogen and oxygen atoms in total. The average molecular weight is 629 g/mol. The van der Waals surface area contributed by atoms with Crippen LogP contribution in [0.25, 0.3) is 0 Å². The standard InChI is InChI=1S/C36H52O7S/c1-32(2,3)24-13-20(14-25(30(24)41)33(4,5)6)22(17-28(37)38)36(43,19-44)23(18-29(39)40)21-15-26(34(7,8)9)31(42)27(16-21)35(10,11)12/h13-16,19,22-23,41-43H,17-18H2,1-12H3,(H,37,38)(H,39,40). The van der Waals surface area contributed by atoms with Crippen LogP contribution in [0, 0.1) is 0 Å². The van der Waals surface area contributed by atoms with Gasteiger partial charge in [0.15, 0.2) is 0 Å². The Hall–Kier alpha value is -2.97. The molecule has 5 N–H and O–H groups in total. The summed E-state index contributed by atoms with van der Waals surface area (Å²) in [6.07, 6.45) is -1.10. The summed E-state index contributed by atoms with van der Waals surface area (Å²) in [6.45, 7) is 23.2. The smallest absolute Gasteiger partial charge is 0.304 e. The van der Waals surface area contributed by atoms with Crippen molar-refractivity contribution in [1.82, 2.24) is 0 Å². The third-order valence-corrected chi connectivity index (χ3v) is 8.74. The van der Waals surface area contributed by atoms with Gasteiger partial charge >= 0.3 is 11.9 Å². The highest BCUT2D eigenvalue weighted by Gasteiger charge is 2.47. The van der Waals surface area contributed by atoms with Crippen molar-refractivity contribution in [3.05, 3.63) is 57.6 Å². The summed E-state index contributed by atoms with van der Waals surface area (Å²) in [5, 5.41) is 56.7. The molecule has 244 valence electrons. The molecule has 0 saturated carbocycles. The molecule has 0 aliphatic heterocycles. The molecule has 0 bridgehead atoms. The van der Waals surface area contributed by atoms with E-state index in [1.54, 1.807) is 24.3 Å². The molecule has 0 aromatic heterocycles. The van der Waals surface area contributed by atoms with Crippen LogP contribution in [0.5, 0.6) is 11.5 Å². The van der Waals surface area contributed by atoms with Gasteiger partial charge in [-0.3, -0.25) is 9.59 Å². The van der Waals surface area contributed by atoms with Crippen molar-refractivity contribution in [3.8, 4) is 11.5 Å². The summed E-state index contributed by atoms with van der Waals surface area (Å²) >= 11 is 5.46. The molecule has 2 atom stereocenters. The van der Waals surface area contributed by atoms with Gasteiger partial charge in [-0.2, -0.15) is 0 Å². The molecule has 0 aliphatic rings. The Bertz CT molecular complexity index is 1240. The zero-order valence-corrected chi connectivity index (χ0v) is 29.2. The minimum Gasteiger partial charge on any atom is -0.507 e. The lowest BCUT2D eigenvalue weighted by atomic mass is 9.66. The normalized spacial score (nSPS) is 15.8. The molecule has 2 aromatic rings. The van der Waals surface area contributed by atoms with Crippen molar-refractivity contribution in [2.24, 2.45) is 0 Å². The number of hydrogen-bond acceptors (Lipinski definition) is 6. The lowest BCUT2D eigenvalue weighted by Gasteiger charge is -2.41. The van der Waals surface area contributed by atoms with Gasteiger partial charge in [0.2, 0.25) is 0 Å². The van der Waals surface area contributed by atoms with Crippen LogP contribution in [0.4, 0.5) is 0 Å². The van der Waals surface area contributed by atoms with E-state index >= 15 is 0 Å². The number of benzene rings is 2. The summed E-state index contributed by atoms with van der Waals surface area (Å²) in [6, 6.07) is 6.82. The van der Waals surface area contributed by atoms with E-state index in [2.05, 4.69) is 0 Å². The lowest BCUT2D eigenvalue weighted by Crippen LogP contribution is -2.45. The van der Waals surface area contributed by atoms with Crippen molar-refractivity contribution >= 4 is 29.5 Å². The maximum Gasteiger partial charge on any atom is 0.304 e. The number of phenolic OH excluding ortho intramolecular Hbond substituents is 2. The van der Waals surface area contributed by atoms with Crippen LogP contribution in [0.3, 0.4) is 0 Å². The molecule has 0 spiro atoms. The zero-order chi connectivity index (χ0) is 34.4. The highest BCUT2D eigenvalue weighted by Crippen LogP contribution is 2.49. The molecule has 0 radical (unpaired) electrons. The number of thiocarbonyl (C=S) groups is 1. The van der Waals surface area contributed by atoms with Crippen LogP contribution in [-0.2, 0) is 31.2 Å². The highest BCUT2D eigenvalue weighted by atomic mass is 32.1. The summed E-state index contributed by atoms with van der Waals surface area (Å²) < 4.78 is 0. The molecule has 44 heavy (non-hydrogen) atoms. The number of hydrogen-bond donors (Lipinski definition) is 5. The highest BCUT2D eigenvalue weighted by molar-refractivity contribution is 7.79. The van der Waals surface area contributed by atoms with Crippen molar-refractivity contribution in [3.63, 3.8) is 0 Å². The molecule has 0 saturated heterocycles. The van der Waals surface area contributed by atoms with Gasteiger partial charge in [0.1, 0.15) is 17.1 Å². The third kappa shape index (κ3) is 7.99. The number of rotatable bonds is 9. The second-order valence-corrected chi connectivity index (χ2v) is 16.5. The predicted octanol–water partition coefficient (Wildman–Crippen LogP) is 7.84. The molecule has 0 aliphatic carbocycles. The van der Waals surface area contributed by atoms with E-state index in [-0.39, 0.29) is 11.5 Å². The Labute approximate surface area is 268 Å². The van der Waals surface area contributed by atoms with Gasteiger partial charge in [-0.1, -0.05) is 120 Å². The van der Waals surface area contributed by atoms with E-state index < -0.39 is 63.9 Å². The molecule has 8 heteroatoms. The lowest BCUT2D eigenvalue weighted by molar-refractivity contribution is -0.139. The number of aliphatic hydroxyl groups is 1. The predicted molar refractivity (Wildman–Crippen MR) is 180 cm³/mol. The number of phenols is 2. The van der Waals surface area contributed by atoms with E-state index in [9.17, 15) is 35.1 Å². The first-order valence-corrected chi connectivity index (χ1v) is 15.5. The van der Waals surface area contributed by atoms with E-state index in [1.807, 2.05) is 83.1 Å². The van der Waals surface area contributed by atoms with Gasteiger partial charge in [-0.05, 0) is 55.0 Å². The van der Waals surface area contributed by atoms with Gasteiger partial charge < -0.3 is 25.5 Å². The van der Waals surface area contributed by atoms with Crippen LogP contribution < -0.4 is 0 Å². The fraction of sp³-hybridized carbons (Fsp3) is 0.583. The zero-order valence-electron chi connectivity index (χ0n) is 28.4. The second kappa shape index (κ2) is 12.4. The number of carbonyl (C=O) groups is 2. The third-order valence-electron chi connectivity index (χ3n) is 8.36.